The van der Waals surface area contributed by atoms with Gasteiger partial charge in [-0.2, -0.15) is 0 Å². The second kappa shape index (κ2) is 4.53. The fourth-order valence-corrected chi connectivity index (χ4v) is 2.93. The first kappa shape index (κ1) is 12.5. The van der Waals surface area contributed by atoms with Gasteiger partial charge in [0.25, 0.3) is 5.91 Å². The molecular formula is C15H20N2O2. The summed E-state index contributed by atoms with van der Waals surface area (Å²) in [5.74, 6) is 0.674. The molecule has 1 aromatic rings. The molecule has 1 aliphatic heterocycles. The summed E-state index contributed by atoms with van der Waals surface area (Å²) < 4.78 is 5.56. The standard InChI is InChI=1S/C15H20N2O2/c1-10-14(18)17-12-7-11(3-4-13(12)19-10)8-15(9-16)5-2-6-15/h3-4,7,10H,2,5-6,8-9,16H2,1H3,(H,17,18). The Morgan fingerprint density at radius 2 is 2.26 bits per heavy atom. The van der Waals surface area contributed by atoms with Crippen LogP contribution in [0, 0.1) is 5.41 Å². The minimum Gasteiger partial charge on any atom is -0.479 e. The van der Waals surface area contributed by atoms with Gasteiger partial charge in [0.1, 0.15) is 5.75 Å². The summed E-state index contributed by atoms with van der Waals surface area (Å²) in [5.41, 5.74) is 8.19. The molecule has 1 heterocycles. The molecule has 1 fully saturated rings. The maximum Gasteiger partial charge on any atom is 0.265 e. The number of nitrogens with one attached hydrogen (secondary N) is 1. The molecule has 0 radical (unpaired) electrons. The maximum absolute atomic E-state index is 11.6. The van der Waals surface area contributed by atoms with Crippen molar-refractivity contribution in [3.63, 3.8) is 0 Å². The molecule has 3 N–H and O–H groups in total. The molecule has 1 amide bonds. The van der Waals surface area contributed by atoms with E-state index in [0.717, 1.165) is 24.4 Å². The Hall–Kier alpha value is -1.55. The number of nitrogens with two attached hydrogens (primary N) is 1. The van der Waals surface area contributed by atoms with Crippen molar-refractivity contribution in [1.82, 2.24) is 0 Å². The van der Waals surface area contributed by atoms with Gasteiger partial charge in [-0.1, -0.05) is 12.5 Å². The normalized spacial score (nSPS) is 23.9. The molecule has 1 saturated carbocycles. The summed E-state index contributed by atoms with van der Waals surface area (Å²) in [6.45, 7) is 2.49. The van der Waals surface area contributed by atoms with Crippen molar-refractivity contribution in [2.45, 2.75) is 38.7 Å². The van der Waals surface area contributed by atoms with Crippen LogP contribution in [0.1, 0.15) is 31.7 Å². The van der Waals surface area contributed by atoms with Crippen molar-refractivity contribution in [1.29, 1.82) is 0 Å². The largest absolute Gasteiger partial charge is 0.479 e. The van der Waals surface area contributed by atoms with Crippen molar-refractivity contribution in [2.24, 2.45) is 11.1 Å². The fourth-order valence-electron chi connectivity index (χ4n) is 2.93. The lowest BCUT2D eigenvalue weighted by Gasteiger charge is -2.41. The van der Waals surface area contributed by atoms with E-state index in [9.17, 15) is 4.79 Å². The van der Waals surface area contributed by atoms with E-state index >= 15 is 0 Å². The molecule has 0 aromatic heterocycles. The van der Waals surface area contributed by atoms with Crippen molar-refractivity contribution in [3.8, 4) is 5.75 Å². The van der Waals surface area contributed by atoms with Crippen LogP contribution in [0.3, 0.4) is 0 Å². The van der Waals surface area contributed by atoms with Gasteiger partial charge in [0, 0.05) is 0 Å². The van der Waals surface area contributed by atoms with Gasteiger partial charge >= 0.3 is 0 Å². The van der Waals surface area contributed by atoms with Crippen molar-refractivity contribution in [2.75, 3.05) is 11.9 Å². The molecule has 2 aliphatic rings. The molecule has 3 rings (SSSR count). The average molecular weight is 260 g/mol. The number of ether oxygens (including phenoxy) is 1. The van der Waals surface area contributed by atoms with E-state index < -0.39 is 6.10 Å². The molecule has 0 saturated heterocycles. The van der Waals surface area contributed by atoms with Gasteiger partial charge in [-0.05, 0) is 55.8 Å². The zero-order valence-electron chi connectivity index (χ0n) is 11.2. The van der Waals surface area contributed by atoms with E-state index in [-0.39, 0.29) is 11.3 Å². The van der Waals surface area contributed by atoms with E-state index in [2.05, 4.69) is 11.4 Å². The summed E-state index contributed by atoms with van der Waals surface area (Å²) >= 11 is 0. The molecule has 1 atom stereocenters. The maximum atomic E-state index is 11.6. The second-order valence-electron chi connectivity index (χ2n) is 5.81. The van der Waals surface area contributed by atoms with E-state index in [1.807, 2.05) is 12.1 Å². The van der Waals surface area contributed by atoms with Gasteiger partial charge in [-0.25, -0.2) is 0 Å². The van der Waals surface area contributed by atoms with Crippen LogP contribution >= 0.6 is 0 Å². The van der Waals surface area contributed by atoms with Gasteiger partial charge in [0.2, 0.25) is 0 Å². The molecule has 19 heavy (non-hydrogen) atoms. The van der Waals surface area contributed by atoms with Crippen LogP contribution in [0.4, 0.5) is 5.69 Å². The molecule has 1 aromatic carbocycles. The number of carbonyl (C=O) groups excluding carboxylic acids is 1. The quantitative estimate of drug-likeness (QED) is 0.874. The number of hydrogen-bond donors (Lipinski definition) is 2. The first-order valence-corrected chi connectivity index (χ1v) is 6.92. The topological polar surface area (TPSA) is 64.3 Å². The number of benzene rings is 1. The average Bonchev–Trinajstić information content (AvgIpc) is 2.35. The highest BCUT2D eigenvalue weighted by molar-refractivity contribution is 5.97. The number of hydrogen-bond acceptors (Lipinski definition) is 3. The van der Waals surface area contributed by atoms with Gasteiger partial charge in [-0.15, -0.1) is 0 Å². The number of anilines is 1. The van der Waals surface area contributed by atoms with Crippen molar-refractivity contribution in [3.05, 3.63) is 23.8 Å². The molecule has 1 aliphatic carbocycles. The number of rotatable bonds is 3. The predicted molar refractivity (Wildman–Crippen MR) is 74.2 cm³/mol. The summed E-state index contributed by atoms with van der Waals surface area (Å²) in [7, 11) is 0. The highest BCUT2D eigenvalue weighted by atomic mass is 16.5. The zero-order valence-corrected chi connectivity index (χ0v) is 11.2. The third kappa shape index (κ3) is 2.21. The van der Waals surface area contributed by atoms with Crippen molar-refractivity contribution >= 4 is 11.6 Å². The highest BCUT2D eigenvalue weighted by Gasteiger charge is 2.35. The van der Waals surface area contributed by atoms with Crippen LogP contribution < -0.4 is 15.8 Å². The van der Waals surface area contributed by atoms with Gasteiger partial charge in [0.05, 0.1) is 5.69 Å². The molecular weight excluding hydrogens is 240 g/mol. The van der Waals surface area contributed by atoms with Crippen LogP contribution in [0.2, 0.25) is 0 Å². The summed E-state index contributed by atoms with van der Waals surface area (Å²) in [4.78, 5) is 11.6. The van der Waals surface area contributed by atoms with E-state index in [1.165, 1.54) is 24.8 Å². The molecule has 0 spiro atoms. The minimum atomic E-state index is -0.416. The van der Waals surface area contributed by atoms with Crippen LogP contribution in [0.5, 0.6) is 5.75 Å². The highest BCUT2D eigenvalue weighted by Crippen LogP contribution is 2.43. The smallest absolute Gasteiger partial charge is 0.265 e. The van der Waals surface area contributed by atoms with E-state index in [4.69, 9.17) is 10.5 Å². The number of fused-ring (bicyclic) bond motifs is 1. The van der Waals surface area contributed by atoms with Crippen LogP contribution in [-0.2, 0) is 11.2 Å². The Morgan fingerprint density at radius 1 is 1.47 bits per heavy atom. The second-order valence-corrected chi connectivity index (χ2v) is 5.81. The molecule has 4 heteroatoms. The third-order valence-electron chi connectivity index (χ3n) is 4.40. The first-order valence-electron chi connectivity index (χ1n) is 6.92. The zero-order chi connectivity index (χ0) is 13.5. The summed E-state index contributed by atoms with van der Waals surface area (Å²) in [5, 5.41) is 2.89. The van der Waals surface area contributed by atoms with Crippen LogP contribution in [0.15, 0.2) is 18.2 Å². The third-order valence-corrected chi connectivity index (χ3v) is 4.40. The van der Waals surface area contributed by atoms with Crippen LogP contribution in [-0.4, -0.2) is 18.6 Å². The molecule has 102 valence electrons. The lowest BCUT2D eigenvalue weighted by Crippen LogP contribution is -2.39. The molecule has 0 bridgehead atoms. The van der Waals surface area contributed by atoms with E-state index in [1.54, 1.807) is 6.92 Å². The number of carbonyl (C=O) groups is 1. The Balaban J connectivity index is 1.82. The fraction of sp³-hybridized carbons (Fsp3) is 0.533. The summed E-state index contributed by atoms with van der Waals surface area (Å²) in [6, 6.07) is 6.05. The Morgan fingerprint density at radius 3 is 2.89 bits per heavy atom. The molecule has 4 nitrogen and oxygen atoms in total. The minimum absolute atomic E-state index is 0.0816. The van der Waals surface area contributed by atoms with Gasteiger partial charge in [-0.3, -0.25) is 4.79 Å². The SMILES string of the molecule is CC1Oc2ccc(CC3(CN)CCC3)cc2NC1=O. The summed E-state index contributed by atoms with van der Waals surface area (Å²) in [6.07, 6.45) is 4.27. The molecule has 1 unspecified atom stereocenters. The van der Waals surface area contributed by atoms with Crippen molar-refractivity contribution < 1.29 is 9.53 Å². The van der Waals surface area contributed by atoms with Gasteiger partial charge < -0.3 is 15.8 Å². The Labute approximate surface area is 113 Å². The Kier molecular flexibility index (Phi) is 2.97. The lowest BCUT2D eigenvalue weighted by molar-refractivity contribution is -0.122. The van der Waals surface area contributed by atoms with Gasteiger partial charge in [0.15, 0.2) is 6.10 Å². The van der Waals surface area contributed by atoms with E-state index in [0.29, 0.717) is 0 Å². The van der Waals surface area contributed by atoms with Crippen LogP contribution in [0.25, 0.3) is 0 Å². The Bertz CT molecular complexity index is 503. The monoisotopic (exact) mass is 260 g/mol. The first-order chi connectivity index (χ1) is 9.12. The number of amides is 1. The lowest BCUT2D eigenvalue weighted by atomic mass is 9.65. The predicted octanol–water partition coefficient (Wildman–Crippen LogP) is 2.08.